The van der Waals surface area contributed by atoms with Gasteiger partial charge in [-0.15, -0.1) is 0 Å². The smallest absolute Gasteiger partial charge is 0.182 e. The van der Waals surface area contributed by atoms with Crippen molar-refractivity contribution >= 4 is 16.6 Å². The molecular weight excluding hydrogens is 331 g/mol. The summed E-state index contributed by atoms with van der Waals surface area (Å²) < 4.78 is 19.5. The molecule has 5 rings (SSSR count). The molecule has 1 aromatic heterocycles. The van der Waals surface area contributed by atoms with Crippen LogP contribution in [0.25, 0.3) is 22.0 Å². The maximum absolute atomic E-state index is 13.4. The Morgan fingerprint density at radius 1 is 1.12 bits per heavy atom. The summed E-state index contributed by atoms with van der Waals surface area (Å²) in [5, 5.41) is 7.87. The van der Waals surface area contributed by atoms with Crippen LogP contribution in [0, 0.1) is 5.82 Å². The van der Waals surface area contributed by atoms with E-state index < -0.39 is 0 Å². The lowest BCUT2D eigenvalue weighted by Gasteiger charge is -2.29. The summed E-state index contributed by atoms with van der Waals surface area (Å²) in [6, 6.07) is 11.0. The molecule has 2 aromatic carbocycles. The average Bonchev–Trinajstić information content (AvgIpc) is 3.24. The molecule has 0 radical (unpaired) electrons. The van der Waals surface area contributed by atoms with Gasteiger partial charge in [-0.25, -0.2) is 4.39 Å². The van der Waals surface area contributed by atoms with Crippen LogP contribution in [0.3, 0.4) is 0 Å². The highest BCUT2D eigenvalue weighted by Gasteiger charge is 2.25. The largest absolute Gasteiger partial charge is 0.467 e. The summed E-state index contributed by atoms with van der Waals surface area (Å²) in [7, 11) is 0. The number of hydrogen-bond acceptors (Lipinski definition) is 4. The lowest BCUT2D eigenvalue weighted by molar-refractivity contribution is 0.152. The molecule has 1 unspecified atom stereocenters. The van der Waals surface area contributed by atoms with E-state index in [0.717, 1.165) is 66.2 Å². The zero-order valence-corrected chi connectivity index (χ0v) is 14.4. The van der Waals surface area contributed by atoms with Gasteiger partial charge in [-0.05, 0) is 35.9 Å². The molecule has 5 nitrogen and oxygen atoms in total. The zero-order chi connectivity index (χ0) is 17.5. The van der Waals surface area contributed by atoms with Crippen molar-refractivity contribution in [3.8, 4) is 16.9 Å². The second-order valence-corrected chi connectivity index (χ2v) is 6.90. The van der Waals surface area contributed by atoms with Gasteiger partial charge in [0.25, 0.3) is 0 Å². The topological polar surface area (TPSA) is 52.3 Å². The first kappa shape index (κ1) is 15.7. The van der Waals surface area contributed by atoms with E-state index >= 15 is 0 Å². The van der Waals surface area contributed by atoms with Gasteiger partial charge >= 0.3 is 0 Å². The molecule has 2 aliphatic heterocycles. The number of nitrogens with one attached hydrogen (secondary N) is 3. The van der Waals surface area contributed by atoms with Crippen molar-refractivity contribution in [1.29, 1.82) is 0 Å². The Morgan fingerprint density at radius 3 is 2.88 bits per heavy atom. The maximum atomic E-state index is 13.4. The van der Waals surface area contributed by atoms with E-state index in [9.17, 15) is 4.39 Å². The number of hydrogen-bond donors (Lipinski definition) is 3. The molecule has 3 heterocycles. The number of aromatic amines is 1. The first-order chi connectivity index (χ1) is 12.8. The summed E-state index contributed by atoms with van der Waals surface area (Å²) in [5.41, 5.74) is 3.97. The molecule has 0 saturated carbocycles. The molecule has 6 heteroatoms. The van der Waals surface area contributed by atoms with Gasteiger partial charge in [0.2, 0.25) is 0 Å². The average molecular weight is 352 g/mol. The molecule has 3 N–H and O–H groups in total. The van der Waals surface area contributed by atoms with Crippen LogP contribution in [-0.4, -0.2) is 48.8 Å². The van der Waals surface area contributed by atoms with Crippen molar-refractivity contribution in [3.05, 3.63) is 48.4 Å². The van der Waals surface area contributed by atoms with Gasteiger partial charge < -0.3 is 20.4 Å². The second-order valence-electron chi connectivity index (χ2n) is 6.90. The normalized spacial score (nSPS) is 20.0. The predicted molar refractivity (Wildman–Crippen MR) is 101 cm³/mol. The summed E-state index contributed by atoms with van der Waals surface area (Å²) in [5.74, 6) is 0.658. The van der Waals surface area contributed by atoms with Gasteiger partial charge in [0.15, 0.2) is 6.23 Å². The fourth-order valence-electron chi connectivity index (χ4n) is 3.82. The molecule has 26 heavy (non-hydrogen) atoms. The third-order valence-electron chi connectivity index (χ3n) is 5.15. The lowest BCUT2D eigenvalue weighted by Crippen LogP contribution is -2.48. The Hall–Kier alpha value is -2.57. The molecule has 2 aliphatic rings. The third kappa shape index (κ3) is 2.81. The first-order valence-electron chi connectivity index (χ1n) is 9.03. The van der Waals surface area contributed by atoms with E-state index in [0.29, 0.717) is 0 Å². The fourth-order valence-corrected chi connectivity index (χ4v) is 3.82. The standard InChI is InChI=1S/C20H21FN4O/c21-14-2-3-15-16(11-23-17(15)10-14)13-1-4-19-18(9-13)24-20(26-19)12-25-7-5-22-6-8-25/h1-4,9-11,20,22-24H,5-8,12H2. The number of aromatic nitrogens is 1. The van der Waals surface area contributed by atoms with Crippen LogP contribution in [0.5, 0.6) is 5.75 Å². The summed E-state index contributed by atoms with van der Waals surface area (Å²) in [4.78, 5) is 5.57. The number of anilines is 1. The van der Waals surface area contributed by atoms with Crippen molar-refractivity contribution < 1.29 is 9.13 Å². The number of ether oxygens (including phenoxy) is 1. The third-order valence-corrected chi connectivity index (χ3v) is 5.15. The summed E-state index contributed by atoms with van der Waals surface area (Å²) >= 11 is 0. The Morgan fingerprint density at radius 2 is 2.00 bits per heavy atom. The Labute approximate surface area is 151 Å². The number of benzene rings is 2. The van der Waals surface area contributed by atoms with Crippen LogP contribution >= 0.6 is 0 Å². The van der Waals surface area contributed by atoms with Crippen molar-refractivity contribution in [2.45, 2.75) is 6.23 Å². The number of fused-ring (bicyclic) bond motifs is 2. The highest BCUT2D eigenvalue weighted by Crippen LogP contribution is 2.38. The minimum atomic E-state index is -0.231. The molecule has 0 bridgehead atoms. The molecule has 0 aliphatic carbocycles. The summed E-state index contributed by atoms with van der Waals surface area (Å²) in [6.07, 6.45) is 1.91. The molecule has 1 saturated heterocycles. The van der Waals surface area contributed by atoms with E-state index in [1.807, 2.05) is 18.3 Å². The molecule has 1 fully saturated rings. The number of rotatable bonds is 3. The Bertz CT molecular complexity index is 948. The van der Waals surface area contributed by atoms with Crippen LogP contribution in [0.4, 0.5) is 10.1 Å². The van der Waals surface area contributed by atoms with Crippen LogP contribution in [0.15, 0.2) is 42.6 Å². The molecular formula is C20H21FN4O. The van der Waals surface area contributed by atoms with Crippen LogP contribution in [-0.2, 0) is 0 Å². The van der Waals surface area contributed by atoms with Crippen molar-refractivity contribution in [1.82, 2.24) is 15.2 Å². The first-order valence-corrected chi connectivity index (χ1v) is 9.03. The van der Waals surface area contributed by atoms with E-state index in [1.54, 1.807) is 0 Å². The lowest BCUT2D eigenvalue weighted by atomic mass is 10.0. The summed E-state index contributed by atoms with van der Waals surface area (Å²) in [6.45, 7) is 5.04. The minimum Gasteiger partial charge on any atom is -0.467 e. The number of H-pyrrole nitrogens is 1. The van der Waals surface area contributed by atoms with Crippen LogP contribution in [0.1, 0.15) is 0 Å². The van der Waals surface area contributed by atoms with Gasteiger partial charge in [0.05, 0.1) is 12.2 Å². The van der Waals surface area contributed by atoms with Crippen molar-refractivity contribution in [2.75, 3.05) is 38.0 Å². The molecule has 0 spiro atoms. The Balaban J connectivity index is 1.38. The number of halogens is 1. The van der Waals surface area contributed by atoms with Gasteiger partial charge in [0, 0.05) is 48.8 Å². The number of nitrogens with zero attached hydrogens (tertiary/aromatic N) is 1. The minimum absolute atomic E-state index is 0.0181. The molecule has 1 atom stereocenters. The van der Waals surface area contributed by atoms with Gasteiger partial charge in [-0.1, -0.05) is 6.07 Å². The quantitative estimate of drug-likeness (QED) is 0.678. The van der Waals surface area contributed by atoms with Crippen LogP contribution < -0.4 is 15.4 Å². The van der Waals surface area contributed by atoms with Crippen molar-refractivity contribution in [2.24, 2.45) is 0 Å². The monoisotopic (exact) mass is 352 g/mol. The Kier molecular flexibility index (Phi) is 3.80. The molecule has 3 aromatic rings. The number of piperazine rings is 1. The van der Waals surface area contributed by atoms with E-state index in [2.05, 4.69) is 32.7 Å². The molecule has 134 valence electrons. The SMILES string of the molecule is Fc1ccc2c(-c3ccc4c(c3)NC(CN3CCNCC3)O4)c[nH]c2c1. The van der Waals surface area contributed by atoms with Gasteiger partial charge in [0.1, 0.15) is 11.6 Å². The van der Waals surface area contributed by atoms with Gasteiger partial charge in [-0.2, -0.15) is 0 Å². The fraction of sp³-hybridized carbons (Fsp3) is 0.300. The van der Waals surface area contributed by atoms with Crippen LogP contribution in [0.2, 0.25) is 0 Å². The van der Waals surface area contributed by atoms with Gasteiger partial charge in [-0.3, -0.25) is 4.90 Å². The highest BCUT2D eigenvalue weighted by atomic mass is 19.1. The predicted octanol–water partition coefficient (Wildman–Crippen LogP) is 3.01. The van der Waals surface area contributed by atoms with E-state index in [-0.39, 0.29) is 12.0 Å². The highest BCUT2D eigenvalue weighted by molar-refractivity contribution is 5.96. The maximum Gasteiger partial charge on any atom is 0.182 e. The van der Waals surface area contributed by atoms with Crippen molar-refractivity contribution in [3.63, 3.8) is 0 Å². The molecule has 0 amide bonds. The van der Waals surface area contributed by atoms with E-state index in [4.69, 9.17) is 4.74 Å². The zero-order valence-electron chi connectivity index (χ0n) is 14.4. The second kappa shape index (κ2) is 6.30. The van der Waals surface area contributed by atoms with E-state index in [1.165, 1.54) is 12.1 Å².